The van der Waals surface area contributed by atoms with E-state index in [1.54, 1.807) is 33.0 Å². The van der Waals surface area contributed by atoms with Crippen LogP contribution < -0.4 is 16.7 Å². The second-order valence-corrected chi connectivity index (χ2v) is 7.97. The van der Waals surface area contributed by atoms with Crippen LogP contribution in [0.4, 0.5) is 4.79 Å². The van der Waals surface area contributed by atoms with Crippen LogP contribution in [0, 0.1) is 11.3 Å². The van der Waals surface area contributed by atoms with E-state index in [1.807, 2.05) is 0 Å². The van der Waals surface area contributed by atoms with Crippen molar-refractivity contribution < 1.29 is 9.59 Å². The first-order valence-corrected chi connectivity index (χ1v) is 8.69. The highest BCUT2D eigenvalue weighted by molar-refractivity contribution is 5.92. The average Bonchev–Trinajstić information content (AvgIpc) is 2.80. The van der Waals surface area contributed by atoms with Crippen molar-refractivity contribution in [2.24, 2.45) is 17.1 Å². The van der Waals surface area contributed by atoms with Gasteiger partial charge in [0.05, 0.1) is 17.2 Å². The van der Waals surface area contributed by atoms with E-state index in [1.165, 1.54) is 10.8 Å². The number of fused-ring (bicyclic) bond motifs is 1. The second-order valence-electron chi connectivity index (χ2n) is 7.97. The summed E-state index contributed by atoms with van der Waals surface area (Å²) < 4.78 is 2.58. The van der Waals surface area contributed by atoms with E-state index in [2.05, 4.69) is 24.1 Å². The van der Waals surface area contributed by atoms with Gasteiger partial charge in [0.1, 0.15) is 6.04 Å². The summed E-state index contributed by atoms with van der Waals surface area (Å²) >= 11 is 0. The Morgan fingerprint density at radius 1 is 1.27 bits per heavy atom. The topological polar surface area (TPSA) is 112 Å². The lowest BCUT2D eigenvalue weighted by molar-refractivity contribution is -0.122. The zero-order chi connectivity index (χ0) is 19.6. The maximum absolute atomic E-state index is 12.9. The molecule has 0 bridgehead atoms. The normalized spacial score (nSPS) is 13.2. The molecule has 0 fully saturated rings. The van der Waals surface area contributed by atoms with Crippen molar-refractivity contribution in [3.63, 3.8) is 0 Å². The molecule has 0 aliphatic heterocycles. The highest BCUT2D eigenvalue weighted by atomic mass is 16.2. The van der Waals surface area contributed by atoms with Crippen molar-refractivity contribution in [3.8, 4) is 0 Å². The first-order valence-electron chi connectivity index (χ1n) is 8.69. The van der Waals surface area contributed by atoms with Crippen molar-refractivity contribution in [1.82, 2.24) is 19.4 Å². The Bertz CT molecular complexity index is 873. The molecule has 142 valence electrons. The molecule has 2 aromatic heterocycles. The van der Waals surface area contributed by atoms with E-state index < -0.39 is 29.1 Å². The third-order valence-electron chi connectivity index (χ3n) is 4.28. The molecule has 2 rings (SSSR count). The van der Waals surface area contributed by atoms with Crippen molar-refractivity contribution in [1.29, 1.82) is 0 Å². The molecule has 0 aliphatic carbocycles. The quantitative estimate of drug-likeness (QED) is 0.844. The number of rotatable bonds is 5. The fourth-order valence-electron chi connectivity index (χ4n) is 2.80. The van der Waals surface area contributed by atoms with E-state index >= 15 is 0 Å². The highest BCUT2D eigenvalue weighted by Crippen LogP contribution is 2.19. The first kappa shape index (κ1) is 19.7. The molecule has 3 N–H and O–H groups in total. The van der Waals surface area contributed by atoms with Gasteiger partial charge in [0, 0.05) is 12.7 Å². The summed E-state index contributed by atoms with van der Waals surface area (Å²) in [5.74, 6) is -0.241. The molecule has 0 radical (unpaired) electrons. The minimum Gasteiger partial charge on any atom is -0.368 e. The van der Waals surface area contributed by atoms with Crippen molar-refractivity contribution in [3.05, 3.63) is 28.9 Å². The van der Waals surface area contributed by atoms with Crippen LogP contribution in [0.15, 0.2) is 23.3 Å². The van der Waals surface area contributed by atoms with Gasteiger partial charge in [-0.25, -0.2) is 14.2 Å². The largest absolute Gasteiger partial charge is 0.368 e. The van der Waals surface area contributed by atoms with Crippen LogP contribution in [0.25, 0.3) is 11.0 Å². The number of imidazole rings is 1. The number of hydrogen-bond acceptors (Lipinski definition) is 4. The number of hydrogen-bond donors (Lipinski definition) is 2. The van der Waals surface area contributed by atoms with Gasteiger partial charge in [-0.05, 0) is 23.8 Å². The first-order chi connectivity index (χ1) is 12.0. The number of nitrogens with two attached hydrogens (primary N) is 1. The predicted molar refractivity (Wildman–Crippen MR) is 99.8 cm³/mol. The number of aryl methyl sites for hydroxylation is 1. The van der Waals surface area contributed by atoms with E-state index in [-0.39, 0.29) is 0 Å². The fourth-order valence-corrected chi connectivity index (χ4v) is 2.80. The Kier molecular flexibility index (Phi) is 5.53. The summed E-state index contributed by atoms with van der Waals surface area (Å²) in [5, 5.41) is 2.60. The van der Waals surface area contributed by atoms with Crippen LogP contribution in [0.1, 0.15) is 41.0 Å². The number of aromatic nitrogens is 3. The van der Waals surface area contributed by atoms with Crippen LogP contribution >= 0.6 is 0 Å². The monoisotopic (exact) mass is 361 g/mol. The summed E-state index contributed by atoms with van der Waals surface area (Å²) in [6.07, 6.45) is 3.88. The molecule has 0 unspecified atom stereocenters. The zero-order valence-electron chi connectivity index (χ0n) is 15.9. The maximum Gasteiger partial charge on any atom is 0.337 e. The van der Waals surface area contributed by atoms with Gasteiger partial charge in [-0.15, -0.1) is 0 Å². The zero-order valence-corrected chi connectivity index (χ0v) is 15.9. The molecule has 8 heteroatoms. The van der Waals surface area contributed by atoms with Crippen molar-refractivity contribution >= 4 is 23.0 Å². The molecule has 1 atom stereocenters. The third-order valence-corrected chi connectivity index (χ3v) is 4.28. The summed E-state index contributed by atoms with van der Waals surface area (Å²) in [5.41, 5.74) is 5.42. The molecular weight excluding hydrogens is 334 g/mol. The summed E-state index contributed by atoms with van der Waals surface area (Å²) in [7, 11) is 0. The summed E-state index contributed by atoms with van der Waals surface area (Å²) in [4.78, 5) is 41.5. The molecule has 0 aromatic carbocycles. The molecule has 0 saturated carbocycles. The molecule has 0 aliphatic rings. The van der Waals surface area contributed by atoms with Crippen molar-refractivity contribution in [2.75, 3.05) is 0 Å². The highest BCUT2D eigenvalue weighted by Gasteiger charge is 2.32. The summed E-state index contributed by atoms with van der Waals surface area (Å²) in [6, 6.07) is 0.0319. The van der Waals surface area contributed by atoms with E-state index in [0.717, 1.165) is 11.0 Å². The fraction of sp³-hybridized carbons (Fsp3) is 0.556. The molecule has 2 heterocycles. The van der Waals surface area contributed by atoms with E-state index in [9.17, 15) is 14.4 Å². The van der Waals surface area contributed by atoms with Gasteiger partial charge in [0.15, 0.2) is 0 Å². The number of nitrogens with one attached hydrogen (secondary N) is 1. The summed E-state index contributed by atoms with van der Waals surface area (Å²) in [6.45, 7) is 9.99. The van der Waals surface area contributed by atoms with Crippen LogP contribution in [-0.4, -0.2) is 32.1 Å². The molecule has 0 spiro atoms. The molecular formula is C18H27N5O3. The Morgan fingerprint density at radius 2 is 1.92 bits per heavy atom. The maximum atomic E-state index is 12.9. The standard InChI is InChI=1S/C18H27N5O3/c1-11(2)7-9-22-13-10-20-8-6-12(13)23(17(22)26)16(25)21-14(15(19)24)18(3,4)5/h6,8,10-11,14H,7,9H2,1-5H3,(H2,19,24)(H,21,25)/t14-/m1/s1. The predicted octanol–water partition coefficient (Wildman–Crippen LogP) is 1.70. The molecule has 26 heavy (non-hydrogen) atoms. The van der Waals surface area contributed by atoms with Gasteiger partial charge in [-0.2, -0.15) is 0 Å². The van der Waals surface area contributed by atoms with E-state index in [4.69, 9.17) is 5.73 Å². The number of primary amides is 1. The molecule has 2 aromatic rings. The molecule has 2 amide bonds. The van der Waals surface area contributed by atoms with Crippen LogP contribution in [0.2, 0.25) is 0 Å². The number of carbonyl (C=O) groups excluding carboxylic acids is 2. The van der Waals surface area contributed by atoms with Crippen LogP contribution in [-0.2, 0) is 11.3 Å². The lowest BCUT2D eigenvalue weighted by Gasteiger charge is -2.28. The van der Waals surface area contributed by atoms with Crippen LogP contribution in [0.3, 0.4) is 0 Å². The number of nitrogens with zero attached hydrogens (tertiary/aromatic N) is 3. The third kappa shape index (κ3) is 3.95. The van der Waals surface area contributed by atoms with E-state index in [0.29, 0.717) is 23.5 Å². The molecule has 8 nitrogen and oxygen atoms in total. The van der Waals surface area contributed by atoms with Crippen LogP contribution in [0.5, 0.6) is 0 Å². The number of carbonyl (C=O) groups is 2. The second kappa shape index (κ2) is 7.31. The average molecular weight is 361 g/mol. The molecule has 0 saturated heterocycles. The lowest BCUT2D eigenvalue weighted by atomic mass is 9.86. The Balaban J connectivity index is 2.49. The Morgan fingerprint density at radius 3 is 2.46 bits per heavy atom. The van der Waals surface area contributed by atoms with Gasteiger partial charge in [0.25, 0.3) is 0 Å². The Hall–Kier alpha value is -2.64. The SMILES string of the molecule is CC(C)CCn1c(=O)n(C(=O)N[C@H](C(N)=O)C(C)(C)C)c2ccncc21. The minimum atomic E-state index is -0.905. The van der Waals surface area contributed by atoms with Gasteiger partial charge in [-0.3, -0.25) is 14.3 Å². The van der Waals surface area contributed by atoms with Gasteiger partial charge in [-0.1, -0.05) is 34.6 Å². The number of amides is 2. The Labute approximate surface area is 152 Å². The van der Waals surface area contributed by atoms with Gasteiger partial charge >= 0.3 is 11.7 Å². The number of pyridine rings is 1. The van der Waals surface area contributed by atoms with Crippen molar-refractivity contribution in [2.45, 2.75) is 53.6 Å². The minimum absolute atomic E-state index is 0.408. The smallest absolute Gasteiger partial charge is 0.337 e. The van der Waals surface area contributed by atoms with Gasteiger partial charge in [0.2, 0.25) is 5.91 Å². The van der Waals surface area contributed by atoms with Gasteiger partial charge < -0.3 is 11.1 Å². The lowest BCUT2D eigenvalue weighted by Crippen LogP contribution is -2.54.